The third-order valence-electron chi connectivity index (χ3n) is 3.46. The van der Waals surface area contributed by atoms with Gasteiger partial charge in [0.25, 0.3) is 0 Å². The predicted octanol–water partition coefficient (Wildman–Crippen LogP) is 3.59. The molecule has 0 radical (unpaired) electrons. The SMILES string of the molecule is COc1ccccc1NC(=O)Cc1cc(=O)c2cc(I)ccc2o1. The van der Waals surface area contributed by atoms with Gasteiger partial charge < -0.3 is 14.5 Å². The second-order valence-electron chi connectivity index (χ2n) is 5.14. The number of methoxy groups -OCH3 is 1. The molecule has 1 heterocycles. The van der Waals surface area contributed by atoms with E-state index in [0.29, 0.717) is 28.2 Å². The first-order valence-electron chi connectivity index (χ1n) is 7.22. The number of carbonyl (C=O) groups excluding carboxylic acids is 1. The van der Waals surface area contributed by atoms with Gasteiger partial charge in [-0.05, 0) is 52.9 Å². The van der Waals surface area contributed by atoms with Gasteiger partial charge in [-0.15, -0.1) is 0 Å². The van der Waals surface area contributed by atoms with Crippen molar-refractivity contribution in [2.24, 2.45) is 0 Å². The van der Waals surface area contributed by atoms with Crippen LogP contribution in [0.1, 0.15) is 5.76 Å². The molecule has 1 N–H and O–H groups in total. The minimum Gasteiger partial charge on any atom is -0.495 e. The van der Waals surface area contributed by atoms with Gasteiger partial charge in [0.2, 0.25) is 5.91 Å². The van der Waals surface area contributed by atoms with Crippen LogP contribution in [0.25, 0.3) is 11.0 Å². The normalized spacial score (nSPS) is 10.6. The van der Waals surface area contributed by atoms with E-state index in [1.807, 2.05) is 12.1 Å². The first-order chi connectivity index (χ1) is 11.6. The minimum atomic E-state index is -0.285. The largest absolute Gasteiger partial charge is 0.495 e. The molecule has 0 atom stereocenters. The van der Waals surface area contributed by atoms with Crippen molar-refractivity contribution >= 4 is 45.2 Å². The average Bonchev–Trinajstić information content (AvgIpc) is 2.56. The summed E-state index contributed by atoms with van der Waals surface area (Å²) in [5, 5.41) is 3.27. The van der Waals surface area contributed by atoms with Crippen molar-refractivity contribution in [2.45, 2.75) is 6.42 Å². The van der Waals surface area contributed by atoms with Gasteiger partial charge >= 0.3 is 0 Å². The van der Waals surface area contributed by atoms with Crippen LogP contribution >= 0.6 is 22.6 Å². The van der Waals surface area contributed by atoms with Crippen LogP contribution < -0.4 is 15.5 Å². The summed E-state index contributed by atoms with van der Waals surface area (Å²) in [5.41, 5.74) is 0.889. The van der Waals surface area contributed by atoms with Gasteiger partial charge in [0.05, 0.1) is 24.6 Å². The Morgan fingerprint density at radius 3 is 2.79 bits per heavy atom. The zero-order chi connectivity index (χ0) is 17.1. The number of carbonyl (C=O) groups is 1. The van der Waals surface area contributed by atoms with Crippen LogP contribution in [-0.2, 0) is 11.2 Å². The van der Waals surface area contributed by atoms with Crippen LogP contribution in [0.15, 0.2) is 57.7 Å². The van der Waals surface area contributed by atoms with Crippen molar-refractivity contribution in [1.82, 2.24) is 0 Å². The molecule has 0 aliphatic heterocycles. The standard InChI is InChI=1S/C18H14INO4/c1-23-17-5-3-2-4-14(17)20-18(22)10-12-9-15(21)13-8-11(19)6-7-16(13)24-12/h2-9H,10H2,1H3,(H,20,22). The maximum absolute atomic E-state index is 12.2. The Hall–Kier alpha value is -2.35. The zero-order valence-electron chi connectivity index (χ0n) is 12.8. The topological polar surface area (TPSA) is 68.5 Å². The molecule has 1 aromatic heterocycles. The van der Waals surface area contributed by atoms with Gasteiger partial charge in [0, 0.05) is 9.64 Å². The third kappa shape index (κ3) is 3.59. The van der Waals surface area contributed by atoms with Crippen molar-refractivity contribution in [2.75, 3.05) is 12.4 Å². The van der Waals surface area contributed by atoms with E-state index in [9.17, 15) is 9.59 Å². The predicted molar refractivity (Wildman–Crippen MR) is 101 cm³/mol. The maximum Gasteiger partial charge on any atom is 0.232 e. The lowest BCUT2D eigenvalue weighted by atomic mass is 10.2. The summed E-state index contributed by atoms with van der Waals surface area (Å²) < 4.78 is 11.8. The van der Waals surface area contributed by atoms with Gasteiger partial charge in [-0.1, -0.05) is 12.1 Å². The van der Waals surface area contributed by atoms with Gasteiger partial charge in [-0.25, -0.2) is 0 Å². The molecule has 0 unspecified atom stereocenters. The van der Waals surface area contributed by atoms with Crippen LogP contribution in [-0.4, -0.2) is 13.0 Å². The third-order valence-corrected chi connectivity index (χ3v) is 4.13. The molecule has 24 heavy (non-hydrogen) atoms. The highest BCUT2D eigenvalue weighted by Crippen LogP contribution is 2.23. The highest BCUT2D eigenvalue weighted by Gasteiger charge is 2.11. The molecule has 5 nitrogen and oxygen atoms in total. The first-order valence-corrected chi connectivity index (χ1v) is 8.30. The molecular weight excluding hydrogens is 421 g/mol. The number of fused-ring (bicyclic) bond motifs is 1. The second kappa shape index (κ2) is 7.04. The molecule has 0 aliphatic rings. The molecule has 1 amide bonds. The lowest BCUT2D eigenvalue weighted by Gasteiger charge is -2.09. The molecule has 0 spiro atoms. The highest BCUT2D eigenvalue weighted by molar-refractivity contribution is 14.1. The van der Waals surface area contributed by atoms with Crippen LogP contribution in [0.5, 0.6) is 5.75 Å². The monoisotopic (exact) mass is 435 g/mol. The quantitative estimate of drug-likeness (QED) is 0.637. The maximum atomic E-state index is 12.2. The van der Waals surface area contributed by atoms with Crippen molar-refractivity contribution in [3.05, 3.63) is 68.1 Å². The van der Waals surface area contributed by atoms with Gasteiger partial charge in [0.1, 0.15) is 17.1 Å². The smallest absolute Gasteiger partial charge is 0.232 e. The van der Waals surface area contributed by atoms with E-state index in [4.69, 9.17) is 9.15 Å². The summed E-state index contributed by atoms with van der Waals surface area (Å²) in [6, 6.07) is 13.8. The van der Waals surface area contributed by atoms with Crippen LogP contribution in [0.3, 0.4) is 0 Å². The molecule has 3 aromatic rings. The Balaban J connectivity index is 1.83. The van der Waals surface area contributed by atoms with E-state index in [0.717, 1.165) is 3.57 Å². The Morgan fingerprint density at radius 2 is 2.00 bits per heavy atom. The number of amides is 1. The van der Waals surface area contributed by atoms with E-state index < -0.39 is 0 Å². The summed E-state index contributed by atoms with van der Waals surface area (Å²) in [6.45, 7) is 0. The Bertz CT molecular complexity index is 965. The van der Waals surface area contributed by atoms with E-state index in [2.05, 4.69) is 27.9 Å². The molecule has 3 rings (SSSR count). The van der Waals surface area contributed by atoms with Crippen LogP contribution in [0.4, 0.5) is 5.69 Å². The summed E-state index contributed by atoms with van der Waals surface area (Å²) in [7, 11) is 1.54. The Morgan fingerprint density at radius 1 is 1.21 bits per heavy atom. The summed E-state index contributed by atoms with van der Waals surface area (Å²) in [4.78, 5) is 24.4. The van der Waals surface area contributed by atoms with E-state index in [1.165, 1.54) is 13.2 Å². The molecule has 122 valence electrons. The Kier molecular flexibility index (Phi) is 4.84. The first kappa shape index (κ1) is 16.5. The van der Waals surface area contributed by atoms with Crippen molar-refractivity contribution in [1.29, 1.82) is 0 Å². The summed E-state index contributed by atoms with van der Waals surface area (Å²) in [5.74, 6) is 0.606. The summed E-state index contributed by atoms with van der Waals surface area (Å²) in [6.07, 6.45) is -0.0325. The van der Waals surface area contributed by atoms with E-state index >= 15 is 0 Å². The summed E-state index contributed by atoms with van der Waals surface area (Å²) >= 11 is 2.14. The van der Waals surface area contributed by atoms with Crippen molar-refractivity contribution in [3.8, 4) is 5.75 Å². The number of hydrogen-bond donors (Lipinski definition) is 1. The lowest BCUT2D eigenvalue weighted by Crippen LogP contribution is -2.16. The molecule has 0 fully saturated rings. The number of benzene rings is 2. The molecule has 0 saturated carbocycles. The lowest BCUT2D eigenvalue weighted by molar-refractivity contribution is -0.115. The molecule has 0 bridgehead atoms. The Labute approximate surface area is 151 Å². The van der Waals surface area contributed by atoms with E-state index in [-0.39, 0.29) is 17.8 Å². The second-order valence-corrected chi connectivity index (χ2v) is 6.39. The fourth-order valence-electron chi connectivity index (χ4n) is 2.37. The number of ether oxygens (including phenoxy) is 1. The number of para-hydroxylation sites is 2. The van der Waals surface area contributed by atoms with E-state index in [1.54, 1.807) is 30.3 Å². The van der Waals surface area contributed by atoms with Crippen molar-refractivity contribution in [3.63, 3.8) is 0 Å². The van der Waals surface area contributed by atoms with Crippen LogP contribution in [0.2, 0.25) is 0 Å². The fourth-order valence-corrected chi connectivity index (χ4v) is 2.86. The average molecular weight is 435 g/mol. The number of rotatable bonds is 4. The van der Waals surface area contributed by atoms with Crippen molar-refractivity contribution < 1.29 is 13.9 Å². The molecular formula is C18H14INO4. The number of anilines is 1. The zero-order valence-corrected chi connectivity index (χ0v) is 15.0. The van der Waals surface area contributed by atoms with Crippen LogP contribution in [0, 0.1) is 3.57 Å². The van der Waals surface area contributed by atoms with Gasteiger partial charge in [-0.3, -0.25) is 9.59 Å². The molecule has 0 saturated heterocycles. The number of hydrogen-bond acceptors (Lipinski definition) is 4. The highest BCUT2D eigenvalue weighted by atomic mass is 127. The molecule has 2 aromatic carbocycles. The minimum absolute atomic E-state index is 0.0325. The number of nitrogens with one attached hydrogen (secondary N) is 1. The van der Waals surface area contributed by atoms with Gasteiger partial charge in [-0.2, -0.15) is 0 Å². The number of halogens is 1. The molecule has 0 aliphatic carbocycles. The van der Waals surface area contributed by atoms with Gasteiger partial charge in [0.15, 0.2) is 5.43 Å². The molecule has 6 heteroatoms. The fraction of sp³-hybridized carbons (Fsp3) is 0.111.